The molecule has 2 fully saturated rings. The minimum atomic E-state index is -0.832. The fourth-order valence-corrected chi connectivity index (χ4v) is 2.32. The molecule has 13 heavy (non-hydrogen) atoms. The first-order valence-corrected chi connectivity index (χ1v) is 4.65. The van der Waals surface area contributed by atoms with Crippen LogP contribution < -0.4 is 5.32 Å². The number of rotatable bonds is 2. The van der Waals surface area contributed by atoms with Gasteiger partial charge in [-0.05, 0) is 19.3 Å². The fourth-order valence-electron chi connectivity index (χ4n) is 2.32. The van der Waals surface area contributed by atoms with Gasteiger partial charge in [0, 0.05) is 6.04 Å². The van der Waals surface area contributed by atoms with Crippen LogP contribution in [0.25, 0.3) is 0 Å². The van der Waals surface area contributed by atoms with E-state index in [1.54, 1.807) is 0 Å². The van der Waals surface area contributed by atoms with Crippen molar-refractivity contribution in [2.24, 2.45) is 5.41 Å². The maximum absolute atomic E-state index is 11.5. The smallest absolute Gasteiger partial charge is 0.305 e. The molecule has 0 radical (unpaired) electrons. The zero-order chi connectivity index (χ0) is 9.47. The third-order valence-electron chi connectivity index (χ3n) is 3.19. The summed E-state index contributed by atoms with van der Waals surface area (Å²) < 4.78 is 0. The number of carbonyl (C=O) groups excluding carboxylic acids is 1. The van der Waals surface area contributed by atoms with Crippen LogP contribution in [0.5, 0.6) is 0 Å². The van der Waals surface area contributed by atoms with Crippen molar-refractivity contribution >= 4 is 11.9 Å². The lowest BCUT2D eigenvalue weighted by molar-refractivity contribution is -0.137. The summed E-state index contributed by atoms with van der Waals surface area (Å²) in [6.45, 7) is 0. The summed E-state index contributed by atoms with van der Waals surface area (Å²) in [6.07, 6.45) is 3.77. The third-order valence-corrected chi connectivity index (χ3v) is 3.19. The number of aliphatic carboxylic acids is 1. The van der Waals surface area contributed by atoms with Gasteiger partial charge in [-0.25, -0.2) is 0 Å². The number of amides is 1. The molecular formula is C9H13NO3. The van der Waals surface area contributed by atoms with Gasteiger partial charge >= 0.3 is 5.97 Å². The molecule has 0 bridgehead atoms. The van der Waals surface area contributed by atoms with Crippen molar-refractivity contribution in [2.75, 3.05) is 0 Å². The second-order valence-electron chi connectivity index (χ2n) is 4.11. The highest BCUT2D eigenvalue weighted by molar-refractivity contribution is 5.86. The predicted molar refractivity (Wildman–Crippen MR) is 45.1 cm³/mol. The number of hydrogen-bond acceptors (Lipinski definition) is 2. The van der Waals surface area contributed by atoms with Gasteiger partial charge in [0.05, 0.1) is 11.8 Å². The van der Waals surface area contributed by atoms with E-state index in [0.717, 1.165) is 25.7 Å². The summed E-state index contributed by atoms with van der Waals surface area (Å²) in [7, 11) is 0. The molecule has 2 rings (SSSR count). The molecule has 1 unspecified atom stereocenters. The molecule has 72 valence electrons. The van der Waals surface area contributed by atoms with Crippen LogP contribution in [0.4, 0.5) is 0 Å². The van der Waals surface area contributed by atoms with Crippen molar-refractivity contribution in [2.45, 2.75) is 38.1 Å². The van der Waals surface area contributed by atoms with Gasteiger partial charge in [0.2, 0.25) is 5.91 Å². The summed E-state index contributed by atoms with van der Waals surface area (Å²) in [4.78, 5) is 21.9. The van der Waals surface area contributed by atoms with Crippen LogP contribution in [0, 0.1) is 5.41 Å². The van der Waals surface area contributed by atoms with Crippen LogP contribution in [0.1, 0.15) is 32.1 Å². The number of hydrogen-bond donors (Lipinski definition) is 2. The highest BCUT2D eigenvalue weighted by Gasteiger charge is 2.50. The van der Waals surface area contributed by atoms with E-state index >= 15 is 0 Å². The van der Waals surface area contributed by atoms with Crippen molar-refractivity contribution in [3.8, 4) is 0 Å². The lowest BCUT2D eigenvalue weighted by Gasteiger charge is -2.35. The summed E-state index contributed by atoms with van der Waals surface area (Å²) in [5.74, 6) is -0.758. The van der Waals surface area contributed by atoms with Crippen LogP contribution in [-0.2, 0) is 9.59 Å². The second kappa shape index (κ2) is 2.72. The number of nitrogens with one attached hydrogen (secondary N) is 1. The monoisotopic (exact) mass is 183 g/mol. The number of carboxylic acid groups (broad SMARTS) is 1. The van der Waals surface area contributed by atoms with Gasteiger partial charge in [0.25, 0.3) is 0 Å². The van der Waals surface area contributed by atoms with Crippen LogP contribution in [0.2, 0.25) is 0 Å². The van der Waals surface area contributed by atoms with Gasteiger partial charge in [-0.2, -0.15) is 0 Å². The molecule has 0 aromatic heterocycles. The van der Waals surface area contributed by atoms with Crippen molar-refractivity contribution in [3.63, 3.8) is 0 Å². The van der Waals surface area contributed by atoms with Crippen molar-refractivity contribution in [1.29, 1.82) is 0 Å². The lowest BCUT2D eigenvalue weighted by Crippen LogP contribution is -2.37. The van der Waals surface area contributed by atoms with E-state index in [-0.39, 0.29) is 23.8 Å². The Balaban J connectivity index is 1.98. The maximum Gasteiger partial charge on any atom is 0.305 e. The summed E-state index contributed by atoms with van der Waals surface area (Å²) in [6, 6.07) is -0.134. The van der Waals surface area contributed by atoms with E-state index < -0.39 is 5.97 Å². The van der Waals surface area contributed by atoms with Crippen LogP contribution >= 0.6 is 0 Å². The minimum Gasteiger partial charge on any atom is -0.481 e. The molecule has 4 nitrogen and oxygen atoms in total. The van der Waals surface area contributed by atoms with E-state index in [1.165, 1.54) is 0 Å². The summed E-state index contributed by atoms with van der Waals surface area (Å²) in [5, 5.41) is 11.3. The summed E-state index contributed by atoms with van der Waals surface area (Å²) >= 11 is 0. The number of carboxylic acids is 1. The fraction of sp³-hybridized carbons (Fsp3) is 0.778. The molecule has 1 atom stereocenters. The van der Waals surface area contributed by atoms with Gasteiger partial charge in [0.15, 0.2) is 0 Å². The molecule has 0 aromatic rings. The zero-order valence-corrected chi connectivity index (χ0v) is 7.38. The molecule has 2 N–H and O–H groups in total. The average Bonchev–Trinajstić information content (AvgIpc) is 2.24. The Morgan fingerprint density at radius 3 is 2.69 bits per heavy atom. The maximum atomic E-state index is 11.5. The molecule has 1 amide bonds. The highest BCUT2D eigenvalue weighted by Crippen LogP contribution is 2.48. The topological polar surface area (TPSA) is 66.4 Å². The Morgan fingerprint density at radius 2 is 2.31 bits per heavy atom. The summed E-state index contributed by atoms with van der Waals surface area (Å²) in [5.41, 5.74) is -0.180. The number of carbonyl (C=O) groups is 2. The molecule has 1 aliphatic heterocycles. The third kappa shape index (κ3) is 1.30. The van der Waals surface area contributed by atoms with Gasteiger partial charge in [-0.3, -0.25) is 9.59 Å². The molecule has 2 aliphatic rings. The molecule has 1 saturated heterocycles. The first-order valence-electron chi connectivity index (χ1n) is 4.65. The Hall–Kier alpha value is -1.06. The molecule has 1 spiro atoms. The molecule has 1 saturated carbocycles. The normalized spacial score (nSPS) is 29.8. The highest BCUT2D eigenvalue weighted by atomic mass is 16.4. The zero-order valence-electron chi connectivity index (χ0n) is 7.38. The van der Waals surface area contributed by atoms with Crippen molar-refractivity contribution in [3.05, 3.63) is 0 Å². The first kappa shape index (κ1) is 8.53. The minimum absolute atomic E-state index is 0.0630. The second-order valence-corrected chi connectivity index (χ2v) is 4.11. The first-order chi connectivity index (χ1) is 6.12. The van der Waals surface area contributed by atoms with Gasteiger partial charge in [-0.15, -0.1) is 0 Å². The van der Waals surface area contributed by atoms with E-state index in [0.29, 0.717) is 0 Å². The standard InChI is InChI=1S/C9H13NO3/c11-7(12)4-6-5-9(2-1-3-9)8(13)10-6/h6H,1-5H2,(H,10,13)(H,11,12). The Labute approximate surface area is 76.3 Å². The van der Waals surface area contributed by atoms with Crippen molar-refractivity contribution < 1.29 is 14.7 Å². The van der Waals surface area contributed by atoms with Gasteiger partial charge in [-0.1, -0.05) is 6.42 Å². The van der Waals surface area contributed by atoms with E-state index in [2.05, 4.69) is 5.32 Å². The largest absolute Gasteiger partial charge is 0.481 e. The van der Waals surface area contributed by atoms with Crippen LogP contribution in [0.3, 0.4) is 0 Å². The average molecular weight is 183 g/mol. The van der Waals surface area contributed by atoms with Gasteiger partial charge in [0.1, 0.15) is 0 Å². The van der Waals surface area contributed by atoms with Crippen LogP contribution in [0.15, 0.2) is 0 Å². The Kier molecular flexibility index (Phi) is 1.78. The Bertz CT molecular complexity index is 258. The quantitative estimate of drug-likeness (QED) is 0.655. The Morgan fingerprint density at radius 1 is 1.62 bits per heavy atom. The SMILES string of the molecule is O=C(O)CC1CC2(CCC2)C(=O)N1. The molecule has 1 heterocycles. The van der Waals surface area contributed by atoms with Crippen LogP contribution in [-0.4, -0.2) is 23.0 Å². The van der Waals surface area contributed by atoms with E-state index in [4.69, 9.17) is 5.11 Å². The van der Waals surface area contributed by atoms with Gasteiger partial charge < -0.3 is 10.4 Å². The lowest BCUT2D eigenvalue weighted by atomic mass is 9.67. The molecule has 4 heteroatoms. The van der Waals surface area contributed by atoms with E-state index in [9.17, 15) is 9.59 Å². The van der Waals surface area contributed by atoms with Crippen molar-refractivity contribution in [1.82, 2.24) is 5.32 Å². The van der Waals surface area contributed by atoms with E-state index in [1.807, 2.05) is 0 Å². The predicted octanol–water partition coefficient (Wildman–Crippen LogP) is 0.520. The molecular weight excluding hydrogens is 170 g/mol. The molecule has 1 aliphatic carbocycles. The molecule has 0 aromatic carbocycles.